The Bertz CT molecular complexity index is 856. The van der Waals surface area contributed by atoms with Gasteiger partial charge in [-0.25, -0.2) is 0 Å². The summed E-state index contributed by atoms with van der Waals surface area (Å²) in [7, 11) is -2.64. The highest BCUT2D eigenvalue weighted by atomic mass is 32.1. The van der Waals surface area contributed by atoms with Gasteiger partial charge in [-0.05, 0) is 40.9 Å². The Morgan fingerprint density at radius 1 is 1.00 bits per heavy atom. The molecule has 2 aromatic heterocycles. The van der Waals surface area contributed by atoms with Crippen molar-refractivity contribution >= 4 is 25.0 Å². The summed E-state index contributed by atoms with van der Waals surface area (Å²) in [6.45, 7) is 0. The highest BCUT2D eigenvalue weighted by molar-refractivity contribution is 7.13. The van der Waals surface area contributed by atoms with Crippen molar-refractivity contribution in [2.45, 2.75) is 0 Å². The number of hydrogen-bond donors (Lipinski definition) is 0. The lowest BCUT2D eigenvalue weighted by Gasteiger charge is -2.00. The standard InChI is InChI=1S/C16H12BF2N3S/c18-17(19)22-10-2-1-5-16(22)21-20-12-13-6-8-14(9-7-13)15-4-3-11-23-15/h1-12H/b20-12+,21-16-. The largest absolute Gasteiger partial charge is 0.678 e. The van der Waals surface area contributed by atoms with Crippen LogP contribution in [0.15, 0.2) is 76.4 Å². The third kappa shape index (κ3) is 3.81. The summed E-state index contributed by atoms with van der Waals surface area (Å²) in [5, 5.41) is 9.77. The van der Waals surface area contributed by atoms with E-state index in [0.717, 1.165) is 15.6 Å². The highest BCUT2D eigenvalue weighted by Gasteiger charge is 2.15. The summed E-state index contributed by atoms with van der Waals surface area (Å²) in [6, 6.07) is 16.5. The molecule has 0 aliphatic rings. The molecule has 3 nitrogen and oxygen atoms in total. The van der Waals surface area contributed by atoms with Gasteiger partial charge in [0.05, 0.1) is 6.21 Å². The van der Waals surface area contributed by atoms with Gasteiger partial charge in [-0.15, -0.1) is 16.4 Å². The lowest BCUT2D eigenvalue weighted by molar-refractivity contribution is 0.619. The molecule has 0 aliphatic carbocycles. The SMILES string of the molecule is FB(F)n1cccc/c1=N/N=C/c1ccc(-c2cccs2)cc1. The van der Waals surface area contributed by atoms with Crippen LogP contribution in [0, 0.1) is 0 Å². The van der Waals surface area contributed by atoms with Crippen LogP contribution in [0.1, 0.15) is 5.56 Å². The van der Waals surface area contributed by atoms with E-state index in [4.69, 9.17) is 0 Å². The Hall–Kier alpha value is -2.54. The average molecular weight is 327 g/mol. The Balaban J connectivity index is 1.80. The Kier molecular flexibility index (Phi) is 4.78. The summed E-state index contributed by atoms with van der Waals surface area (Å²) < 4.78 is 26.4. The van der Waals surface area contributed by atoms with Crippen molar-refractivity contribution in [2.75, 3.05) is 0 Å². The number of thiophene rings is 1. The lowest BCUT2D eigenvalue weighted by Crippen LogP contribution is -2.28. The van der Waals surface area contributed by atoms with Crippen molar-refractivity contribution in [3.8, 4) is 10.4 Å². The Morgan fingerprint density at radius 3 is 2.52 bits per heavy atom. The topological polar surface area (TPSA) is 29.6 Å². The van der Waals surface area contributed by atoms with Gasteiger partial charge in [0.25, 0.3) is 0 Å². The van der Waals surface area contributed by atoms with Gasteiger partial charge in [-0.2, -0.15) is 5.10 Å². The van der Waals surface area contributed by atoms with E-state index in [9.17, 15) is 8.63 Å². The second kappa shape index (κ2) is 7.15. The molecule has 1 aromatic carbocycles. The van der Waals surface area contributed by atoms with E-state index in [-0.39, 0.29) is 5.49 Å². The molecule has 0 N–H and O–H groups in total. The number of pyridine rings is 1. The summed E-state index contributed by atoms with van der Waals surface area (Å²) in [4.78, 5) is 1.19. The molecule has 0 unspecified atom stereocenters. The Labute approximate surface area is 136 Å². The first-order valence-corrected chi connectivity index (χ1v) is 7.78. The maximum atomic E-state index is 12.8. The molecule has 0 bridgehead atoms. The number of benzene rings is 1. The van der Waals surface area contributed by atoms with Crippen molar-refractivity contribution in [2.24, 2.45) is 10.2 Å². The van der Waals surface area contributed by atoms with E-state index >= 15 is 0 Å². The molecule has 2 heterocycles. The van der Waals surface area contributed by atoms with Gasteiger partial charge < -0.3 is 4.48 Å². The van der Waals surface area contributed by atoms with Crippen LogP contribution in [0.25, 0.3) is 10.4 Å². The fourth-order valence-corrected chi connectivity index (χ4v) is 2.76. The van der Waals surface area contributed by atoms with Crippen LogP contribution in [0.2, 0.25) is 0 Å². The first kappa shape index (κ1) is 15.4. The highest BCUT2D eigenvalue weighted by Crippen LogP contribution is 2.24. The minimum Gasteiger partial charge on any atom is -0.315 e. The number of aromatic nitrogens is 1. The summed E-state index contributed by atoms with van der Waals surface area (Å²) in [5.74, 6) is 0. The zero-order valence-corrected chi connectivity index (χ0v) is 12.8. The third-order valence-corrected chi connectivity index (χ3v) is 4.08. The zero-order valence-electron chi connectivity index (χ0n) is 12.0. The van der Waals surface area contributed by atoms with Crippen molar-refractivity contribution in [1.82, 2.24) is 4.48 Å². The quantitative estimate of drug-likeness (QED) is 0.395. The molecule has 0 amide bonds. The molecule has 114 valence electrons. The molecule has 0 spiro atoms. The predicted octanol–water partition coefficient (Wildman–Crippen LogP) is 3.92. The van der Waals surface area contributed by atoms with Crippen molar-refractivity contribution in [1.29, 1.82) is 0 Å². The van der Waals surface area contributed by atoms with Crippen molar-refractivity contribution < 1.29 is 8.63 Å². The Morgan fingerprint density at radius 2 is 1.83 bits per heavy atom. The minimum absolute atomic E-state index is 0.106. The van der Waals surface area contributed by atoms with Gasteiger partial charge in [0, 0.05) is 4.88 Å². The molecular weight excluding hydrogens is 315 g/mol. The monoisotopic (exact) mass is 327 g/mol. The molecule has 0 aliphatic heterocycles. The molecule has 3 rings (SSSR count). The molecule has 0 saturated heterocycles. The van der Waals surface area contributed by atoms with Crippen LogP contribution in [0.4, 0.5) is 8.63 Å². The van der Waals surface area contributed by atoms with Gasteiger partial charge in [-0.1, -0.05) is 36.4 Å². The normalized spacial score (nSPS) is 12.0. The van der Waals surface area contributed by atoms with Gasteiger partial charge in [0.2, 0.25) is 0 Å². The molecule has 3 aromatic rings. The second-order valence-electron chi connectivity index (χ2n) is 4.69. The maximum Gasteiger partial charge on any atom is 0.678 e. The molecule has 0 atom stereocenters. The third-order valence-electron chi connectivity index (χ3n) is 3.16. The molecular formula is C16H12BF2N3S. The maximum absolute atomic E-state index is 12.8. The van der Waals surface area contributed by atoms with Gasteiger partial charge in [0.15, 0.2) is 0 Å². The number of halogens is 2. The van der Waals surface area contributed by atoms with Crippen molar-refractivity contribution in [3.05, 3.63) is 77.2 Å². The van der Waals surface area contributed by atoms with Gasteiger partial charge >= 0.3 is 7.40 Å². The summed E-state index contributed by atoms with van der Waals surface area (Å²) >= 11 is 1.68. The van der Waals surface area contributed by atoms with Crippen LogP contribution in [-0.2, 0) is 0 Å². The van der Waals surface area contributed by atoms with E-state index in [1.807, 2.05) is 35.7 Å². The lowest BCUT2D eigenvalue weighted by atomic mass is 10.1. The molecule has 0 fully saturated rings. The molecule has 0 saturated carbocycles. The average Bonchev–Trinajstić information content (AvgIpc) is 3.10. The van der Waals surface area contributed by atoms with Gasteiger partial charge in [-0.3, -0.25) is 8.63 Å². The van der Waals surface area contributed by atoms with E-state index in [2.05, 4.69) is 16.3 Å². The fourth-order valence-electron chi connectivity index (χ4n) is 2.03. The first-order valence-electron chi connectivity index (χ1n) is 6.90. The van der Waals surface area contributed by atoms with E-state index in [1.54, 1.807) is 23.6 Å². The molecule has 23 heavy (non-hydrogen) atoms. The predicted molar refractivity (Wildman–Crippen MR) is 90.7 cm³/mol. The molecule has 0 radical (unpaired) electrons. The number of rotatable bonds is 4. The van der Waals surface area contributed by atoms with E-state index in [1.165, 1.54) is 23.2 Å². The summed E-state index contributed by atoms with van der Waals surface area (Å²) in [6.07, 6.45) is 2.82. The van der Waals surface area contributed by atoms with Crippen LogP contribution in [-0.4, -0.2) is 18.1 Å². The number of nitrogens with zero attached hydrogens (tertiary/aromatic N) is 3. The minimum atomic E-state index is -2.64. The molecule has 7 heteroatoms. The van der Waals surface area contributed by atoms with E-state index < -0.39 is 7.40 Å². The van der Waals surface area contributed by atoms with Crippen LogP contribution < -0.4 is 5.49 Å². The second-order valence-corrected chi connectivity index (χ2v) is 5.64. The van der Waals surface area contributed by atoms with Gasteiger partial charge in [0.1, 0.15) is 5.49 Å². The summed E-state index contributed by atoms with van der Waals surface area (Å²) in [5.41, 5.74) is 2.09. The fraction of sp³-hybridized carbons (Fsp3) is 0. The van der Waals surface area contributed by atoms with Crippen molar-refractivity contribution in [3.63, 3.8) is 0 Å². The zero-order chi connectivity index (χ0) is 16.1. The van der Waals surface area contributed by atoms with Crippen LogP contribution >= 0.6 is 11.3 Å². The van der Waals surface area contributed by atoms with E-state index in [0.29, 0.717) is 0 Å². The van der Waals surface area contributed by atoms with Crippen LogP contribution in [0.3, 0.4) is 0 Å². The number of hydrogen-bond acceptors (Lipinski definition) is 3. The van der Waals surface area contributed by atoms with Crippen LogP contribution in [0.5, 0.6) is 0 Å². The smallest absolute Gasteiger partial charge is 0.315 e. The first-order chi connectivity index (χ1) is 11.2.